The molecule has 3 N–H and O–H groups in total. The molecule has 0 saturated heterocycles. The lowest BCUT2D eigenvalue weighted by atomic mass is 10.0. The minimum absolute atomic E-state index is 0.0137. The van der Waals surface area contributed by atoms with Gasteiger partial charge < -0.3 is 20.3 Å². The Labute approximate surface area is 582 Å². The molecule has 0 radical (unpaired) electrons. The fourth-order valence-corrected chi connectivity index (χ4v) is 13.4. The van der Waals surface area contributed by atoms with Gasteiger partial charge in [0.05, 0.1) is 25.4 Å². The quantitative estimate of drug-likeness (QED) is 0.0320. The third-order valence-electron chi connectivity index (χ3n) is 19.9. The van der Waals surface area contributed by atoms with Crippen molar-refractivity contribution in [2.45, 2.75) is 482 Å². The molecule has 93 heavy (non-hydrogen) atoms. The van der Waals surface area contributed by atoms with E-state index >= 15 is 0 Å². The van der Waals surface area contributed by atoms with E-state index < -0.39 is 12.1 Å². The van der Waals surface area contributed by atoms with Crippen molar-refractivity contribution in [1.82, 2.24) is 5.32 Å². The maximum Gasteiger partial charge on any atom is 0.305 e. The standard InChI is InChI=1S/C87H165NO5/c1-3-5-7-9-11-13-15-17-19-21-23-24-40-44-47-51-55-59-63-67-71-75-79-85(90)84(83-89)88-86(91)80-76-72-68-64-60-56-52-48-45-41-38-36-34-32-30-28-26-25-27-29-31-33-35-37-39-42-46-50-54-58-62-66-70-74-78-82-93-87(92)81-77-73-69-65-61-57-53-49-43-22-20-18-16-14-12-10-8-6-4-2/h12,14,18,20,27,29,33,35,84-85,89-90H,3-11,13,15-17,19,21-26,28,30-32,34,36-83H2,1-2H3,(H,88,91)/b14-12-,20-18-,29-27-,35-33-. The molecule has 6 heteroatoms. The van der Waals surface area contributed by atoms with Gasteiger partial charge >= 0.3 is 5.97 Å². The summed E-state index contributed by atoms with van der Waals surface area (Å²) in [5.41, 5.74) is 0. The highest BCUT2D eigenvalue weighted by molar-refractivity contribution is 5.76. The van der Waals surface area contributed by atoms with Crippen LogP contribution in [0.2, 0.25) is 0 Å². The van der Waals surface area contributed by atoms with E-state index in [1.807, 2.05) is 0 Å². The van der Waals surface area contributed by atoms with Crippen LogP contribution in [0.25, 0.3) is 0 Å². The molecular weight excluding hydrogens is 1140 g/mol. The van der Waals surface area contributed by atoms with Crippen molar-refractivity contribution in [3.8, 4) is 0 Å². The van der Waals surface area contributed by atoms with Crippen LogP contribution in [-0.4, -0.2) is 47.4 Å². The van der Waals surface area contributed by atoms with Crippen LogP contribution in [0.1, 0.15) is 470 Å². The van der Waals surface area contributed by atoms with Crippen LogP contribution in [-0.2, 0) is 14.3 Å². The van der Waals surface area contributed by atoms with Crippen molar-refractivity contribution >= 4 is 11.9 Å². The van der Waals surface area contributed by atoms with Crippen LogP contribution in [0.3, 0.4) is 0 Å². The molecule has 0 aromatic heterocycles. The van der Waals surface area contributed by atoms with Gasteiger partial charge in [0.15, 0.2) is 0 Å². The fourth-order valence-electron chi connectivity index (χ4n) is 13.4. The second kappa shape index (κ2) is 82.2. The Morgan fingerprint density at radius 1 is 0.301 bits per heavy atom. The predicted molar refractivity (Wildman–Crippen MR) is 412 cm³/mol. The summed E-state index contributed by atoms with van der Waals surface area (Å²) in [6, 6.07) is -0.542. The number of carbonyl (C=O) groups excluding carboxylic acids is 2. The molecule has 0 spiro atoms. The summed E-state index contributed by atoms with van der Waals surface area (Å²) >= 11 is 0. The molecule has 0 fully saturated rings. The zero-order valence-electron chi connectivity index (χ0n) is 63.0. The number of hydrogen-bond donors (Lipinski definition) is 3. The van der Waals surface area contributed by atoms with Crippen LogP contribution in [0.15, 0.2) is 48.6 Å². The number of esters is 1. The maximum absolute atomic E-state index is 12.6. The lowest BCUT2D eigenvalue weighted by Crippen LogP contribution is -2.45. The van der Waals surface area contributed by atoms with Gasteiger partial charge in [0, 0.05) is 12.8 Å². The average molecular weight is 1310 g/mol. The van der Waals surface area contributed by atoms with Gasteiger partial charge in [-0.15, -0.1) is 0 Å². The molecule has 0 bridgehead atoms. The normalized spacial score (nSPS) is 12.7. The van der Waals surface area contributed by atoms with Crippen molar-refractivity contribution in [3.63, 3.8) is 0 Å². The Morgan fingerprint density at radius 2 is 0.538 bits per heavy atom. The van der Waals surface area contributed by atoms with Crippen molar-refractivity contribution < 1.29 is 24.5 Å². The Kier molecular flexibility index (Phi) is 80.3. The van der Waals surface area contributed by atoms with Gasteiger partial charge in [-0.1, -0.05) is 416 Å². The molecule has 1 amide bonds. The van der Waals surface area contributed by atoms with Crippen LogP contribution >= 0.6 is 0 Å². The molecular formula is C87H165NO5. The Balaban J connectivity index is 3.37. The fraction of sp³-hybridized carbons (Fsp3) is 0.885. The number of carbonyl (C=O) groups is 2. The van der Waals surface area contributed by atoms with E-state index in [1.54, 1.807) is 0 Å². The zero-order chi connectivity index (χ0) is 67.0. The SMILES string of the molecule is CCCCC/C=C\C/C=C\CCCCCCCCCCCC(=O)OCCCCCCCCCCCCC/C=C\C/C=C\CCCCCCCCCCCCCCCCCCCC(=O)NC(CO)C(O)CCCCCCCCCCCCCCCCCCCCCCCC. The lowest BCUT2D eigenvalue weighted by Gasteiger charge is -2.22. The third kappa shape index (κ3) is 78.7. The first-order valence-electron chi connectivity index (χ1n) is 42.4. The number of allylic oxidation sites excluding steroid dienone is 8. The number of ether oxygens (including phenoxy) is 1. The van der Waals surface area contributed by atoms with E-state index in [9.17, 15) is 19.8 Å². The Morgan fingerprint density at radius 3 is 0.839 bits per heavy atom. The summed E-state index contributed by atoms with van der Waals surface area (Å²) in [7, 11) is 0. The molecule has 2 atom stereocenters. The highest BCUT2D eigenvalue weighted by Gasteiger charge is 2.20. The number of rotatable bonds is 80. The van der Waals surface area contributed by atoms with Crippen LogP contribution in [0, 0.1) is 0 Å². The van der Waals surface area contributed by atoms with Crippen LogP contribution in [0.5, 0.6) is 0 Å². The first-order chi connectivity index (χ1) is 46.0. The average Bonchev–Trinajstić information content (AvgIpc) is 3.65. The molecule has 6 nitrogen and oxygen atoms in total. The molecule has 548 valence electrons. The highest BCUT2D eigenvalue weighted by Crippen LogP contribution is 2.20. The second-order valence-corrected chi connectivity index (χ2v) is 29.2. The predicted octanol–water partition coefficient (Wildman–Crippen LogP) is 28.3. The lowest BCUT2D eigenvalue weighted by molar-refractivity contribution is -0.143. The summed E-state index contributed by atoms with van der Waals surface area (Å²) in [6.07, 6.45) is 109. The van der Waals surface area contributed by atoms with Gasteiger partial charge in [-0.2, -0.15) is 0 Å². The van der Waals surface area contributed by atoms with Crippen molar-refractivity contribution in [3.05, 3.63) is 48.6 Å². The van der Waals surface area contributed by atoms with Gasteiger partial charge in [-0.05, 0) is 89.9 Å². The maximum atomic E-state index is 12.6. The van der Waals surface area contributed by atoms with E-state index in [-0.39, 0.29) is 18.5 Å². The molecule has 0 aromatic carbocycles. The second-order valence-electron chi connectivity index (χ2n) is 29.2. The number of unbranched alkanes of at least 4 members (excludes halogenated alkanes) is 61. The molecule has 0 aliphatic carbocycles. The van der Waals surface area contributed by atoms with Gasteiger partial charge in [0.2, 0.25) is 5.91 Å². The number of amides is 1. The summed E-state index contributed by atoms with van der Waals surface area (Å²) in [5, 5.41) is 23.5. The summed E-state index contributed by atoms with van der Waals surface area (Å²) in [5.74, 6) is -0.0137. The zero-order valence-corrected chi connectivity index (χ0v) is 63.0. The molecule has 0 aliphatic rings. The van der Waals surface area contributed by atoms with E-state index in [0.717, 1.165) is 57.8 Å². The summed E-state index contributed by atoms with van der Waals surface area (Å²) < 4.78 is 5.51. The van der Waals surface area contributed by atoms with Gasteiger partial charge in [-0.3, -0.25) is 9.59 Å². The highest BCUT2D eigenvalue weighted by atomic mass is 16.5. The number of aliphatic hydroxyl groups is 2. The molecule has 2 unspecified atom stereocenters. The van der Waals surface area contributed by atoms with E-state index in [1.165, 1.54) is 379 Å². The smallest absolute Gasteiger partial charge is 0.305 e. The topological polar surface area (TPSA) is 95.9 Å². The number of nitrogens with one attached hydrogen (secondary N) is 1. The van der Waals surface area contributed by atoms with E-state index in [0.29, 0.717) is 25.9 Å². The van der Waals surface area contributed by atoms with Gasteiger partial charge in [0.1, 0.15) is 0 Å². The Hall–Kier alpha value is -2.18. The molecule has 0 aromatic rings. The molecule has 0 saturated carbocycles. The molecule has 0 heterocycles. The van der Waals surface area contributed by atoms with Crippen molar-refractivity contribution in [2.75, 3.05) is 13.2 Å². The number of aliphatic hydroxyl groups excluding tert-OH is 2. The van der Waals surface area contributed by atoms with E-state index in [4.69, 9.17) is 4.74 Å². The molecule has 0 aliphatic heterocycles. The minimum Gasteiger partial charge on any atom is -0.466 e. The Bertz CT molecular complexity index is 1550. The first-order valence-corrected chi connectivity index (χ1v) is 42.4. The van der Waals surface area contributed by atoms with E-state index in [2.05, 4.69) is 67.8 Å². The van der Waals surface area contributed by atoms with Crippen molar-refractivity contribution in [2.24, 2.45) is 0 Å². The molecule has 0 rings (SSSR count). The van der Waals surface area contributed by atoms with Gasteiger partial charge in [0.25, 0.3) is 0 Å². The van der Waals surface area contributed by atoms with Crippen molar-refractivity contribution in [1.29, 1.82) is 0 Å². The third-order valence-corrected chi connectivity index (χ3v) is 19.9. The summed E-state index contributed by atoms with van der Waals surface area (Å²) in [4.78, 5) is 24.7. The number of hydrogen-bond acceptors (Lipinski definition) is 5. The van der Waals surface area contributed by atoms with Crippen LogP contribution < -0.4 is 5.32 Å². The largest absolute Gasteiger partial charge is 0.466 e. The van der Waals surface area contributed by atoms with Crippen LogP contribution in [0.4, 0.5) is 0 Å². The minimum atomic E-state index is -0.665. The van der Waals surface area contributed by atoms with Gasteiger partial charge in [-0.25, -0.2) is 0 Å². The summed E-state index contributed by atoms with van der Waals surface area (Å²) in [6.45, 7) is 4.98. The monoisotopic (exact) mass is 1300 g/mol. The first kappa shape index (κ1) is 90.8.